The Hall–Kier alpha value is -3.75. The number of sulfonamides is 1. The molecule has 0 saturated carbocycles. The van der Waals surface area contributed by atoms with Crippen LogP contribution in [-0.2, 0) is 31.5 Å². The van der Waals surface area contributed by atoms with E-state index in [2.05, 4.69) is 25.8 Å². The van der Waals surface area contributed by atoms with E-state index in [-0.39, 0.29) is 36.1 Å². The molecule has 1 saturated heterocycles. The molecule has 5 rings (SSSR count). The fraction of sp³-hybridized carbons (Fsp3) is 0.360. The zero-order valence-corrected chi connectivity index (χ0v) is 21.9. The molecule has 0 aliphatic carbocycles. The maximum absolute atomic E-state index is 13.8. The lowest BCUT2D eigenvalue weighted by molar-refractivity contribution is -0.124. The first-order chi connectivity index (χ1) is 18.5. The van der Waals surface area contributed by atoms with Gasteiger partial charge in [-0.1, -0.05) is 13.8 Å². The number of rotatable bonds is 6. The van der Waals surface area contributed by atoms with Gasteiger partial charge in [-0.2, -0.15) is 9.40 Å². The van der Waals surface area contributed by atoms with Crippen molar-refractivity contribution >= 4 is 33.3 Å². The Morgan fingerprint density at radius 3 is 2.62 bits per heavy atom. The van der Waals surface area contributed by atoms with Crippen LogP contribution in [-0.4, -0.2) is 59.0 Å². The molecule has 2 amide bonds. The number of aromatic nitrogens is 3. The maximum atomic E-state index is 13.8. The molecule has 206 valence electrons. The molecule has 3 N–H and O–H groups in total. The smallest absolute Gasteiger partial charge is 0.259 e. The third kappa shape index (κ3) is 5.27. The first-order valence-electron chi connectivity index (χ1n) is 12.2. The van der Waals surface area contributed by atoms with Crippen molar-refractivity contribution in [1.82, 2.24) is 19.5 Å². The average Bonchev–Trinajstić information content (AvgIpc) is 3.55. The van der Waals surface area contributed by atoms with Gasteiger partial charge in [0.05, 0.1) is 22.3 Å². The minimum Gasteiger partial charge on any atom is -0.368 e. The van der Waals surface area contributed by atoms with Gasteiger partial charge in [-0.3, -0.25) is 19.7 Å². The summed E-state index contributed by atoms with van der Waals surface area (Å²) < 4.78 is 60.8. The molecule has 3 aromatic rings. The van der Waals surface area contributed by atoms with E-state index in [0.717, 1.165) is 22.9 Å². The molecular weight excluding hydrogens is 534 g/mol. The Kier molecular flexibility index (Phi) is 6.95. The molecule has 39 heavy (non-hydrogen) atoms. The average molecular weight is 561 g/mol. The number of nitrogens with one attached hydrogen (secondary N) is 3. The van der Waals surface area contributed by atoms with E-state index in [0.29, 0.717) is 30.4 Å². The van der Waals surface area contributed by atoms with Gasteiger partial charge in [0.25, 0.3) is 11.8 Å². The Morgan fingerprint density at radius 2 is 1.92 bits per heavy atom. The van der Waals surface area contributed by atoms with E-state index in [9.17, 15) is 26.8 Å². The molecule has 1 aromatic carbocycles. The number of pyridine rings is 1. The molecule has 0 unspecified atom stereocenters. The van der Waals surface area contributed by atoms with Crippen LogP contribution in [0.3, 0.4) is 0 Å². The second-order valence-electron chi connectivity index (χ2n) is 10.1. The molecule has 2 aliphatic rings. The third-order valence-electron chi connectivity index (χ3n) is 6.70. The Labute approximate surface area is 223 Å². The fourth-order valence-corrected chi connectivity index (χ4v) is 6.41. The molecular formula is C25H26F2N6O5S. The number of halogens is 2. The lowest BCUT2D eigenvalue weighted by Gasteiger charge is -2.36. The highest BCUT2D eigenvalue weighted by Gasteiger charge is 2.41. The largest absolute Gasteiger partial charge is 0.368 e. The van der Waals surface area contributed by atoms with E-state index in [1.807, 2.05) is 0 Å². The minimum atomic E-state index is -4.29. The molecule has 4 heterocycles. The summed E-state index contributed by atoms with van der Waals surface area (Å²) in [6, 6.07) is 3.54. The molecule has 0 radical (unpaired) electrons. The van der Waals surface area contributed by atoms with Gasteiger partial charge in [-0.25, -0.2) is 17.2 Å². The van der Waals surface area contributed by atoms with Gasteiger partial charge in [-0.05, 0) is 31.0 Å². The third-order valence-corrected chi connectivity index (χ3v) is 8.47. The number of anilines is 2. The molecule has 1 atom stereocenters. The van der Waals surface area contributed by atoms with Gasteiger partial charge in [-0.15, -0.1) is 0 Å². The van der Waals surface area contributed by atoms with Crippen molar-refractivity contribution in [2.24, 2.45) is 0 Å². The standard InChI is InChI=1S/C25H26F2N6O5S/c1-25(2)13-33(39(36,37)16-9-14(26)8-15(27)10-16)12-18-21(25)31-32-22(18)30-23(34)17-5-6-28-11-19(17)29-24(35)20-4-3-7-38-20/h5-6,8-11,20H,3-4,7,12-13H2,1-2H3,(H,29,35)(H2,30,31,32,34)/t20-/m0/s1. The van der Waals surface area contributed by atoms with Crippen molar-refractivity contribution in [2.45, 2.75) is 49.6 Å². The van der Waals surface area contributed by atoms with E-state index in [1.54, 1.807) is 13.8 Å². The molecule has 11 nitrogen and oxygen atoms in total. The van der Waals surface area contributed by atoms with Crippen molar-refractivity contribution in [2.75, 3.05) is 23.8 Å². The normalized spacial score (nSPS) is 18.9. The highest BCUT2D eigenvalue weighted by molar-refractivity contribution is 7.89. The number of carbonyl (C=O) groups is 2. The number of fused-ring (bicyclic) bond motifs is 1. The van der Waals surface area contributed by atoms with Gasteiger partial charge < -0.3 is 15.4 Å². The zero-order valence-electron chi connectivity index (χ0n) is 21.1. The highest BCUT2D eigenvalue weighted by Crippen LogP contribution is 2.38. The van der Waals surface area contributed by atoms with Crippen LogP contribution in [0.2, 0.25) is 0 Å². The van der Waals surface area contributed by atoms with Crippen molar-refractivity contribution in [3.8, 4) is 0 Å². The molecule has 0 bridgehead atoms. The predicted octanol–water partition coefficient (Wildman–Crippen LogP) is 2.93. The van der Waals surface area contributed by atoms with E-state index in [4.69, 9.17) is 4.74 Å². The number of carbonyl (C=O) groups excluding carboxylic acids is 2. The topological polar surface area (TPSA) is 146 Å². The van der Waals surface area contributed by atoms with Gasteiger partial charge in [0.1, 0.15) is 17.7 Å². The summed E-state index contributed by atoms with van der Waals surface area (Å²) >= 11 is 0. The van der Waals surface area contributed by atoms with Crippen molar-refractivity contribution in [3.05, 3.63) is 65.1 Å². The Morgan fingerprint density at radius 1 is 1.18 bits per heavy atom. The summed E-state index contributed by atoms with van der Waals surface area (Å²) in [5, 5.41) is 12.5. The zero-order chi connectivity index (χ0) is 27.9. The van der Waals surface area contributed by atoms with Crippen LogP contribution < -0.4 is 10.6 Å². The monoisotopic (exact) mass is 560 g/mol. The number of aromatic amines is 1. The molecule has 2 aromatic heterocycles. The van der Waals surface area contributed by atoms with Crippen LogP contribution in [0.5, 0.6) is 0 Å². The van der Waals surface area contributed by atoms with Crippen molar-refractivity contribution in [3.63, 3.8) is 0 Å². The van der Waals surface area contributed by atoms with Gasteiger partial charge in [0, 0.05) is 48.6 Å². The van der Waals surface area contributed by atoms with Crippen LogP contribution in [0, 0.1) is 11.6 Å². The number of hydrogen-bond acceptors (Lipinski definition) is 7. The number of amides is 2. The molecule has 14 heteroatoms. The lowest BCUT2D eigenvalue weighted by atomic mass is 9.84. The van der Waals surface area contributed by atoms with E-state index >= 15 is 0 Å². The molecule has 2 aliphatic heterocycles. The summed E-state index contributed by atoms with van der Waals surface area (Å²) in [5.74, 6) is -2.94. The Bertz CT molecular complexity index is 1530. The van der Waals surface area contributed by atoms with Crippen LogP contribution in [0.1, 0.15) is 48.3 Å². The van der Waals surface area contributed by atoms with Crippen LogP contribution in [0.25, 0.3) is 0 Å². The first-order valence-corrected chi connectivity index (χ1v) is 13.6. The van der Waals surface area contributed by atoms with Crippen LogP contribution in [0.15, 0.2) is 41.6 Å². The summed E-state index contributed by atoms with van der Waals surface area (Å²) in [4.78, 5) is 29.3. The van der Waals surface area contributed by atoms with Crippen LogP contribution in [0.4, 0.5) is 20.3 Å². The second-order valence-corrected chi connectivity index (χ2v) is 12.0. The minimum absolute atomic E-state index is 0.000181. The summed E-state index contributed by atoms with van der Waals surface area (Å²) in [6.45, 7) is 3.85. The molecule has 0 spiro atoms. The number of hydrogen-bond donors (Lipinski definition) is 3. The van der Waals surface area contributed by atoms with E-state index < -0.39 is 44.0 Å². The van der Waals surface area contributed by atoms with E-state index in [1.165, 1.54) is 18.5 Å². The number of H-pyrrole nitrogens is 1. The number of benzene rings is 1. The first kappa shape index (κ1) is 26.8. The van der Waals surface area contributed by atoms with Crippen molar-refractivity contribution < 1.29 is 31.5 Å². The van der Waals surface area contributed by atoms with Crippen molar-refractivity contribution in [1.29, 1.82) is 0 Å². The SMILES string of the molecule is CC1(C)CN(S(=O)(=O)c2cc(F)cc(F)c2)Cc2c(NC(=O)c3ccncc3NC(=O)[C@@H]3CCCO3)n[nH]c21. The van der Waals surface area contributed by atoms with Gasteiger partial charge in [0.2, 0.25) is 10.0 Å². The summed E-state index contributed by atoms with van der Waals surface area (Å²) in [6.07, 6.45) is 3.47. The summed E-state index contributed by atoms with van der Waals surface area (Å²) in [5.41, 5.74) is 0.523. The lowest BCUT2D eigenvalue weighted by Crippen LogP contribution is -2.45. The Balaban J connectivity index is 1.41. The van der Waals surface area contributed by atoms with Gasteiger partial charge >= 0.3 is 0 Å². The quantitative estimate of drug-likeness (QED) is 0.420. The maximum Gasteiger partial charge on any atom is 0.259 e. The van der Waals surface area contributed by atoms with Gasteiger partial charge in [0.15, 0.2) is 5.82 Å². The molecule has 1 fully saturated rings. The number of ether oxygens (including phenoxy) is 1. The van der Waals surface area contributed by atoms with Crippen LogP contribution >= 0.6 is 0 Å². The highest BCUT2D eigenvalue weighted by atomic mass is 32.2. The predicted molar refractivity (Wildman–Crippen MR) is 135 cm³/mol. The second kappa shape index (κ2) is 10.1. The fourth-order valence-electron chi connectivity index (χ4n) is 4.80. The number of nitrogens with zero attached hydrogens (tertiary/aromatic N) is 3. The summed E-state index contributed by atoms with van der Waals surface area (Å²) in [7, 11) is -4.29.